The molecule has 0 aliphatic heterocycles. The number of benzene rings is 3. The van der Waals surface area contributed by atoms with Gasteiger partial charge in [-0.2, -0.15) is 13.2 Å². The van der Waals surface area contributed by atoms with Crippen molar-refractivity contribution in [3.63, 3.8) is 0 Å². The van der Waals surface area contributed by atoms with Gasteiger partial charge in [0.25, 0.3) is 10.0 Å². The van der Waals surface area contributed by atoms with Crippen molar-refractivity contribution in [2.24, 2.45) is 0 Å². The minimum Gasteiger partial charge on any atom is -0.326 e. The molecule has 0 aliphatic rings. The fourth-order valence-electron chi connectivity index (χ4n) is 3.11. The van der Waals surface area contributed by atoms with Gasteiger partial charge in [0.15, 0.2) is 0 Å². The van der Waals surface area contributed by atoms with Crippen molar-refractivity contribution in [2.45, 2.75) is 37.3 Å². The number of aryl methyl sites for hydroxylation is 2. The van der Waals surface area contributed by atoms with Crippen LogP contribution < -0.4 is 10.0 Å². The Balaban J connectivity index is 1.60. The summed E-state index contributed by atoms with van der Waals surface area (Å²) in [5.74, 6) is -0.215. The number of hydrogen-bond acceptors (Lipinski definition) is 3. The first-order chi connectivity index (χ1) is 15.6. The molecule has 0 bridgehead atoms. The molecule has 3 rings (SSSR count). The number of rotatable bonds is 8. The zero-order chi connectivity index (χ0) is 24.1. The van der Waals surface area contributed by atoms with E-state index in [2.05, 4.69) is 17.0 Å². The highest BCUT2D eigenvalue weighted by Crippen LogP contribution is 2.31. The van der Waals surface area contributed by atoms with E-state index < -0.39 is 21.8 Å². The lowest BCUT2D eigenvalue weighted by Gasteiger charge is -2.12. The standard InChI is InChI=1S/C24H23F3N2O3S/c1-2-17-6-8-18(9-7-17)10-15-23(30)28-20-11-13-22(14-12-20)33(31,32)29-21-5-3-4-19(16-21)24(25,26)27/h3-9,11-14,16,29H,2,10,15H2,1H3,(H,28,30). The van der Waals surface area contributed by atoms with Crippen molar-refractivity contribution in [3.05, 3.63) is 89.5 Å². The van der Waals surface area contributed by atoms with E-state index in [1.165, 1.54) is 35.9 Å². The van der Waals surface area contributed by atoms with Gasteiger partial charge in [-0.1, -0.05) is 37.3 Å². The van der Waals surface area contributed by atoms with Gasteiger partial charge in [0, 0.05) is 17.8 Å². The number of amides is 1. The van der Waals surface area contributed by atoms with E-state index in [-0.39, 0.29) is 22.9 Å². The Morgan fingerprint density at radius 3 is 2.12 bits per heavy atom. The molecule has 33 heavy (non-hydrogen) atoms. The Hall–Kier alpha value is -3.33. The van der Waals surface area contributed by atoms with Gasteiger partial charge in [0.1, 0.15) is 0 Å². The topological polar surface area (TPSA) is 75.3 Å². The van der Waals surface area contributed by atoms with Crippen molar-refractivity contribution in [2.75, 3.05) is 10.0 Å². The molecule has 0 aliphatic carbocycles. The van der Waals surface area contributed by atoms with Gasteiger partial charge in [-0.3, -0.25) is 9.52 Å². The summed E-state index contributed by atoms with van der Waals surface area (Å²) in [6, 6.07) is 17.4. The molecule has 5 nitrogen and oxygen atoms in total. The molecule has 1 amide bonds. The summed E-state index contributed by atoms with van der Waals surface area (Å²) in [5.41, 5.74) is 1.53. The largest absolute Gasteiger partial charge is 0.416 e. The van der Waals surface area contributed by atoms with E-state index in [4.69, 9.17) is 0 Å². The van der Waals surface area contributed by atoms with Crippen LogP contribution in [0.25, 0.3) is 0 Å². The molecule has 0 atom stereocenters. The quantitative estimate of drug-likeness (QED) is 0.442. The molecule has 0 spiro atoms. The number of anilines is 2. The van der Waals surface area contributed by atoms with Gasteiger partial charge in [-0.05, 0) is 66.4 Å². The fraction of sp³-hybridized carbons (Fsp3) is 0.208. The first-order valence-corrected chi connectivity index (χ1v) is 11.7. The van der Waals surface area contributed by atoms with Crippen LogP contribution in [0.15, 0.2) is 77.7 Å². The second kappa shape index (κ2) is 10.1. The molecule has 9 heteroatoms. The van der Waals surface area contributed by atoms with Gasteiger partial charge < -0.3 is 5.32 Å². The predicted octanol–water partition coefficient (Wildman–Crippen LogP) is 5.64. The van der Waals surface area contributed by atoms with Gasteiger partial charge >= 0.3 is 6.18 Å². The number of halogens is 3. The van der Waals surface area contributed by atoms with Crippen LogP contribution in [0.1, 0.15) is 30.0 Å². The fourth-order valence-corrected chi connectivity index (χ4v) is 4.16. The number of nitrogens with one attached hydrogen (secondary N) is 2. The van der Waals surface area contributed by atoms with Crippen LogP contribution in [0.5, 0.6) is 0 Å². The molecule has 0 heterocycles. The van der Waals surface area contributed by atoms with E-state index in [9.17, 15) is 26.4 Å². The van der Waals surface area contributed by atoms with Gasteiger partial charge in [0.2, 0.25) is 5.91 Å². The zero-order valence-electron chi connectivity index (χ0n) is 17.8. The summed E-state index contributed by atoms with van der Waals surface area (Å²) in [4.78, 5) is 12.1. The second-order valence-electron chi connectivity index (χ2n) is 7.43. The molecule has 0 fully saturated rings. The minimum atomic E-state index is -4.58. The van der Waals surface area contributed by atoms with Gasteiger partial charge in [0.05, 0.1) is 10.5 Å². The first kappa shape index (κ1) is 24.3. The Morgan fingerprint density at radius 1 is 0.879 bits per heavy atom. The number of alkyl halides is 3. The molecule has 2 N–H and O–H groups in total. The van der Waals surface area contributed by atoms with Crippen molar-refractivity contribution in [3.8, 4) is 0 Å². The first-order valence-electron chi connectivity index (χ1n) is 10.2. The lowest BCUT2D eigenvalue weighted by molar-refractivity contribution is -0.137. The van der Waals surface area contributed by atoms with Gasteiger partial charge in [-0.25, -0.2) is 8.42 Å². The lowest BCUT2D eigenvalue weighted by atomic mass is 10.1. The van der Waals surface area contributed by atoms with Crippen LogP contribution in [0.3, 0.4) is 0 Å². The maximum absolute atomic E-state index is 12.8. The summed E-state index contributed by atoms with van der Waals surface area (Å²) in [5, 5.41) is 2.71. The second-order valence-corrected chi connectivity index (χ2v) is 9.11. The van der Waals surface area contributed by atoms with Crippen LogP contribution >= 0.6 is 0 Å². The smallest absolute Gasteiger partial charge is 0.326 e. The highest BCUT2D eigenvalue weighted by Gasteiger charge is 2.30. The van der Waals surface area contributed by atoms with E-state index in [1.807, 2.05) is 24.3 Å². The molecular weight excluding hydrogens is 453 g/mol. The minimum absolute atomic E-state index is 0.145. The average Bonchev–Trinajstić information content (AvgIpc) is 2.78. The molecule has 0 saturated carbocycles. The van der Waals surface area contributed by atoms with Crippen LogP contribution in [-0.4, -0.2) is 14.3 Å². The highest BCUT2D eigenvalue weighted by molar-refractivity contribution is 7.92. The predicted molar refractivity (Wildman–Crippen MR) is 121 cm³/mol. The number of carbonyl (C=O) groups is 1. The Labute approximate surface area is 190 Å². The average molecular weight is 477 g/mol. The molecule has 174 valence electrons. The lowest BCUT2D eigenvalue weighted by Crippen LogP contribution is -2.15. The normalized spacial score (nSPS) is 11.8. The number of sulfonamides is 1. The Kier molecular flexibility index (Phi) is 7.43. The molecule has 0 radical (unpaired) electrons. The molecule has 3 aromatic carbocycles. The van der Waals surface area contributed by atoms with E-state index in [0.29, 0.717) is 12.1 Å². The van der Waals surface area contributed by atoms with Crippen molar-refractivity contribution in [1.29, 1.82) is 0 Å². The van der Waals surface area contributed by atoms with E-state index in [1.54, 1.807) is 0 Å². The summed E-state index contributed by atoms with van der Waals surface area (Å²) < 4.78 is 65.7. The highest BCUT2D eigenvalue weighted by atomic mass is 32.2. The summed E-state index contributed by atoms with van der Waals surface area (Å²) >= 11 is 0. The van der Waals surface area contributed by atoms with Gasteiger partial charge in [-0.15, -0.1) is 0 Å². The van der Waals surface area contributed by atoms with Crippen LogP contribution in [-0.2, 0) is 33.8 Å². The maximum Gasteiger partial charge on any atom is 0.416 e. The molecular formula is C24H23F3N2O3S. The third-order valence-corrected chi connectivity index (χ3v) is 6.36. The monoisotopic (exact) mass is 476 g/mol. The zero-order valence-corrected chi connectivity index (χ0v) is 18.6. The summed E-state index contributed by atoms with van der Waals surface area (Å²) in [6.45, 7) is 2.07. The maximum atomic E-state index is 12.8. The Bertz CT molecular complexity index is 1210. The van der Waals surface area contributed by atoms with Crippen molar-refractivity contribution in [1.82, 2.24) is 0 Å². The summed E-state index contributed by atoms with van der Waals surface area (Å²) in [7, 11) is -4.10. The van der Waals surface area contributed by atoms with Crippen LogP contribution in [0.2, 0.25) is 0 Å². The number of carbonyl (C=O) groups excluding carboxylic acids is 1. The molecule has 0 aromatic heterocycles. The van der Waals surface area contributed by atoms with Crippen molar-refractivity contribution >= 4 is 27.3 Å². The van der Waals surface area contributed by atoms with Crippen LogP contribution in [0, 0.1) is 0 Å². The SMILES string of the molecule is CCc1ccc(CCC(=O)Nc2ccc(S(=O)(=O)Nc3cccc(C(F)(F)F)c3)cc2)cc1. The van der Waals surface area contributed by atoms with E-state index in [0.717, 1.165) is 30.2 Å². The molecule has 0 saturated heterocycles. The van der Waals surface area contributed by atoms with Crippen molar-refractivity contribution < 1.29 is 26.4 Å². The number of hydrogen-bond donors (Lipinski definition) is 2. The molecule has 3 aromatic rings. The third-order valence-electron chi connectivity index (χ3n) is 4.96. The molecule has 0 unspecified atom stereocenters. The Morgan fingerprint density at radius 2 is 1.52 bits per heavy atom. The third kappa shape index (κ3) is 6.82. The van der Waals surface area contributed by atoms with E-state index >= 15 is 0 Å². The van der Waals surface area contributed by atoms with Crippen LogP contribution in [0.4, 0.5) is 24.5 Å². The summed E-state index contributed by atoms with van der Waals surface area (Å²) in [6.07, 6.45) is -2.80.